The summed E-state index contributed by atoms with van der Waals surface area (Å²) >= 11 is 5.18. The van der Waals surface area contributed by atoms with Gasteiger partial charge in [-0.1, -0.05) is 152 Å². The van der Waals surface area contributed by atoms with E-state index >= 15 is 0 Å². The highest BCUT2D eigenvalue weighted by Gasteiger charge is 2.21. The second kappa shape index (κ2) is 12.1. The van der Waals surface area contributed by atoms with Crippen molar-refractivity contribution in [2.45, 2.75) is 4.90 Å². The fourth-order valence-corrected chi connectivity index (χ4v) is 7.07. The Morgan fingerprint density at radius 1 is 0.348 bits per heavy atom. The van der Waals surface area contributed by atoms with Gasteiger partial charge in [-0.2, -0.15) is 0 Å². The first-order chi connectivity index (χ1) is 22.8. The fraction of sp³-hybridized carbons (Fsp3) is 0. The molecule has 8 aromatic rings. The van der Waals surface area contributed by atoms with Crippen LogP contribution in [-0.4, -0.2) is 0 Å². The van der Waals surface area contributed by atoms with Gasteiger partial charge in [-0.3, -0.25) is 0 Å². The van der Waals surface area contributed by atoms with E-state index in [1.165, 1.54) is 43.8 Å². The summed E-state index contributed by atoms with van der Waals surface area (Å²) in [6.45, 7) is 0. The molecule has 0 aliphatic heterocycles. The van der Waals surface area contributed by atoms with Crippen LogP contribution in [0.1, 0.15) is 0 Å². The fourth-order valence-electron chi connectivity index (χ4n) is 6.69. The predicted molar refractivity (Wildman–Crippen MR) is 200 cm³/mol. The molecule has 0 unspecified atom stereocenters. The third-order valence-electron chi connectivity index (χ3n) is 8.75. The molecule has 0 radical (unpaired) electrons. The highest BCUT2D eigenvalue weighted by molar-refractivity contribution is 7.80. The highest BCUT2D eigenvalue weighted by atomic mass is 32.1. The van der Waals surface area contributed by atoms with E-state index in [1.54, 1.807) is 0 Å². The molecule has 46 heavy (non-hydrogen) atoms. The van der Waals surface area contributed by atoms with Gasteiger partial charge >= 0.3 is 0 Å². The van der Waals surface area contributed by atoms with E-state index in [9.17, 15) is 0 Å². The molecule has 0 aliphatic rings. The van der Waals surface area contributed by atoms with Crippen molar-refractivity contribution in [1.82, 2.24) is 0 Å². The first-order valence-electron chi connectivity index (χ1n) is 15.6. The molecule has 8 aromatic carbocycles. The Kier molecular flexibility index (Phi) is 7.34. The van der Waals surface area contributed by atoms with Crippen LogP contribution in [0.25, 0.3) is 54.9 Å². The van der Waals surface area contributed by atoms with Crippen LogP contribution in [0.15, 0.2) is 187 Å². The van der Waals surface area contributed by atoms with Gasteiger partial charge in [0.1, 0.15) is 0 Å². The summed E-state index contributed by atoms with van der Waals surface area (Å²) in [5.41, 5.74) is 10.3. The molecule has 0 saturated carbocycles. The summed E-state index contributed by atoms with van der Waals surface area (Å²) in [6, 6.07) is 64.9. The van der Waals surface area contributed by atoms with Gasteiger partial charge < -0.3 is 4.90 Å². The van der Waals surface area contributed by atoms with E-state index in [-0.39, 0.29) is 0 Å². The maximum Gasteiger partial charge on any atom is 0.0601 e. The molecule has 0 saturated heterocycles. The standard InChI is InChI=1S/C44H31NS/c46-44-36(31-16-5-1-6-17-31)26-15-27-41(44)45(34-22-11-4-12-23-34)35-28-29-38-37-24-13-14-25-39(37)42(32-18-7-2-8-19-32)43(40(38)30-35)33-20-9-3-10-21-33/h1-30,46H. The zero-order valence-electron chi connectivity index (χ0n) is 25.2. The van der Waals surface area contributed by atoms with Crippen molar-refractivity contribution in [1.29, 1.82) is 0 Å². The summed E-state index contributed by atoms with van der Waals surface area (Å²) in [5.74, 6) is 0. The number of thiol groups is 1. The van der Waals surface area contributed by atoms with Gasteiger partial charge in [-0.25, -0.2) is 0 Å². The minimum atomic E-state index is 0.935. The molecule has 0 heterocycles. The van der Waals surface area contributed by atoms with Gasteiger partial charge in [0.25, 0.3) is 0 Å². The van der Waals surface area contributed by atoms with Gasteiger partial charge in [0.15, 0.2) is 0 Å². The molecule has 0 amide bonds. The number of rotatable bonds is 6. The maximum atomic E-state index is 5.18. The lowest BCUT2D eigenvalue weighted by Crippen LogP contribution is -2.11. The van der Waals surface area contributed by atoms with Crippen LogP contribution in [0.2, 0.25) is 0 Å². The van der Waals surface area contributed by atoms with Gasteiger partial charge in [-0.15, -0.1) is 12.6 Å². The van der Waals surface area contributed by atoms with Crippen molar-refractivity contribution in [3.8, 4) is 33.4 Å². The van der Waals surface area contributed by atoms with Crippen LogP contribution in [0.5, 0.6) is 0 Å². The zero-order valence-corrected chi connectivity index (χ0v) is 26.1. The van der Waals surface area contributed by atoms with Crippen molar-refractivity contribution < 1.29 is 0 Å². The average molecular weight is 606 g/mol. The van der Waals surface area contributed by atoms with Crippen LogP contribution < -0.4 is 4.90 Å². The van der Waals surface area contributed by atoms with E-state index in [4.69, 9.17) is 12.6 Å². The minimum Gasteiger partial charge on any atom is -0.309 e. The molecule has 0 atom stereocenters. The summed E-state index contributed by atoms with van der Waals surface area (Å²) in [4.78, 5) is 3.27. The summed E-state index contributed by atoms with van der Waals surface area (Å²) in [6.07, 6.45) is 0. The Bertz CT molecular complexity index is 2300. The number of hydrogen-bond acceptors (Lipinski definition) is 2. The minimum absolute atomic E-state index is 0.935. The Morgan fingerprint density at radius 2 is 0.848 bits per heavy atom. The SMILES string of the molecule is Sc1c(-c2ccccc2)cccc1N(c1ccccc1)c1ccc2c(c1)c(-c1ccccc1)c(-c1ccccc1)c1ccccc12. The monoisotopic (exact) mass is 605 g/mol. The lowest BCUT2D eigenvalue weighted by molar-refractivity contribution is 1.24. The molecule has 0 spiro atoms. The Morgan fingerprint density at radius 3 is 1.48 bits per heavy atom. The van der Waals surface area contributed by atoms with E-state index in [2.05, 4.69) is 187 Å². The number of benzene rings is 8. The molecule has 0 N–H and O–H groups in total. The van der Waals surface area contributed by atoms with Gasteiger partial charge in [0.05, 0.1) is 5.69 Å². The topological polar surface area (TPSA) is 3.24 Å². The third-order valence-corrected chi connectivity index (χ3v) is 9.22. The Labute approximate surface area is 275 Å². The van der Waals surface area contributed by atoms with Gasteiger partial charge in [-0.05, 0) is 85.3 Å². The van der Waals surface area contributed by atoms with Crippen LogP contribution >= 0.6 is 12.6 Å². The molecule has 0 aliphatic carbocycles. The molecule has 218 valence electrons. The van der Waals surface area contributed by atoms with Crippen molar-refractivity contribution in [3.05, 3.63) is 182 Å². The van der Waals surface area contributed by atoms with Crippen molar-refractivity contribution in [3.63, 3.8) is 0 Å². The molecule has 0 aromatic heterocycles. The number of fused-ring (bicyclic) bond motifs is 3. The van der Waals surface area contributed by atoms with E-state index in [0.29, 0.717) is 0 Å². The molecule has 2 heteroatoms. The molecular weight excluding hydrogens is 575 g/mol. The first kappa shape index (κ1) is 27.9. The largest absolute Gasteiger partial charge is 0.309 e. The first-order valence-corrected chi connectivity index (χ1v) is 16.0. The molecule has 0 bridgehead atoms. The molecule has 8 rings (SSSR count). The van der Waals surface area contributed by atoms with E-state index in [0.717, 1.165) is 33.1 Å². The Hall–Kier alpha value is -5.57. The van der Waals surface area contributed by atoms with Crippen LogP contribution in [-0.2, 0) is 0 Å². The van der Waals surface area contributed by atoms with Gasteiger partial charge in [0, 0.05) is 16.3 Å². The smallest absolute Gasteiger partial charge is 0.0601 e. The number of para-hydroxylation sites is 1. The number of nitrogens with zero attached hydrogens (tertiary/aromatic N) is 1. The average Bonchev–Trinajstić information content (AvgIpc) is 3.13. The van der Waals surface area contributed by atoms with Crippen LogP contribution in [0, 0.1) is 0 Å². The highest BCUT2D eigenvalue weighted by Crippen LogP contribution is 2.48. The molecule has 1 nitrogen and oxygen atoms in total. The summed E-state index contributed by atoms with van der Waals surface area (Å²) in [5, 5.41) is 4.94. The van der Waals surface area contributed by atoms with E-state index < -0.39 is 0 Å². The maximum absolute atomic E-state index is 5.18. The lowest BCUT2D eigenvalue weighted by atomic mass is 9.85. The zero-order chi connectivity index (χ0) is 30.9. The normalized spacial score (nSPS) is 11.2. The van der Waals surface area contributed by atoms with Gasteiger partial charge in [0.2, 0.25) is 0 Å². The lowest BCUT2D eigenvalue weighted by Gasteiger charge is -2.28. The molecule has 0 fully saturated rings. The van der Waals surface area contributed by atoms with Crippen molar-refractivity contribution in [2.24, 2.45) is 0 Å². The van der Waals surface area contributed by atoms with E-state index in [1.807, 2.05) is 0 Å². The summed E-state index contributed by atoms with van der Waals surface area (Å²) < 4.78 is 0. The van der Waals surface area contributed by atoms with Crippen molar-refractivity contribution >= 4 is 51.2 Å². The number of anilines is 3. The van der Waals surface area contributed by atoms with Crippen LogP contribution in [0.3, 0.4) is 0 Å². The quantitative estimate of drug-likeness (QED) is 0.146. The Balaban J connectivity index is 1.45. The summed E-state index contributed by atoms with van der Waals surface area (Å²) in [7, 11) is 0. The third kappa shape index (κ3) is 4.94. The second-order valence-corrected chi connectivity index (χ2v) is 11.9. The predicted octanol–water partition coefficient (Wildman–Crippen LogP) is 12.8. The number of hydrogen-bond donors (Lipinski definition) is 1. The van der Waals surface area contributed by atoms with Crippen molar-refractivity contribution in [2.75, 3.05) is 4.90 Å². The van der Waals surface area contributed by atoms with Crippen LogP contribution in [0.4, 0.5) is 17.1 Å². The molecular formula is C44H31NS. The second-order valence-electron chi connectivity index (χ2n) is 11.5.